The largest absolute Gasteiger partial charge is 0.397 e. The number of aromatic nitrogens is 2. The standard InChI is InChI=1S/C15H14N4OS/c1-8-3-6-11(17-7-8)19-14(20)13-12(16)10-5-4-9(2)18-15(10)21-13/h3-7H,16H2,1-2H3,(H,17,19,20). The summed E-state index contributed by atoms with van der Waals surface area (Å²) in [5.41, 5.74) is 8.46. The Balaban J connectivity index is 1.94. The number of nitrogens with two attached hydrogens (primary N) is 1. The second-order valence-electron chi connectivity index (χ2n) is 4.83. The third-order valence-corrected chi connectivity index (χ3v) is 4.21. The molecule has 0 atom stereocenters. The van der Waals surface area contributed by atoms with Crippen LogP contribution < -0.4 is 11.1 Å². The summed E-state index contributed by atoms with van der Waals surface area (Å²) in [6.45, 7) is 3.85. The van der Waals surface area contributed by atoms with Crippen molar-refractivity contribution in [1.82, 2.24) is 9.97 Å². The second kappa shape index (κ2) is 5.14. The molecule has 0 radical (unpaired) electrons. The summed E-state index contributed by atoms with van der Waals surface area (Å²) in [5.74, 6) is 0.246. The maximum atomic E-state index is 12.3. The molecule has 5 nitrogen and oxygen atoms in total. The Kier molecular flexibility index (Phi) is 3.31. The van der Waals surface area contributed by atoms with Crippen molar-refractivity contribution in [2.24, 2.45) is 0 Å². The van der Waals surface area contributed by atoms with Gasteiger partial charge in [0.1, 0.15) is 15.5 Å². The van der Waals surface area contributed by atoms with E-state index in [0.29, 0.717) is 16.4 Å². The molecule has 0 aliphatic carbocycles. The Bertz CT molecular complexity index is 824. The third-order valence-electron chi connectivity index (χ3n) is 3.09. The van der Waals surface area contributed by atoms with Gasteiger partial charge in [0.15, 0.2) is 0 Å². The topological polar surface area (TPSA) is 80.9 Å². The Hall–Kier alpha value is -2.47. The molecule has 0 aliphatic heterocycles. The molecule has 0 aliphatic rings. The number of nitrogens with one attached hydrogen (secondary N) is 1. The van der Waals surface area contributed by atoms with E-state index in [4.69, 9.17) is 5.73 Å². The van der Waals surface area contributed by atoms with Gasteiger partial charge in [-0.25, -0.2) is 9.97 Å². The zero-order chi connectivity index (χ0) is 15.0. The maximum Gasteiger partial charge on any atom is 0.269 e. The molecule has 0 aromatic carbocycles. The van der Waals surface area contributed by atoms with E-state index in [0.717, 1.165) is 21.5 Å². The quantitative estimate of drug-likeness (QED) is 0.761. The number of pyridine rings is 2. The van der Waals surface area contributed by atoms with Gasteiger partial charge in [-0.2, -0.15) is 0 Å². The average molecular weight is 298 g/mol. The van der Waals surface area contributed by atoms with Crippen molar-refractivity contribution >= 4 is 39.0 Å². The number of carbonyl (C=O) groups excluding carboxylic acids is 1. The lowest BCUT2D eigenvalue weighted by Crippen LogP contribution is -2.12. The van der Waals surface area contributed by atoms with Gasteiger partial charge in [0.25, 0.3) is 5.91 Å². The molecule has 0 saturated heterocycles. The molecule has 3 heterocycles. The van der Waals surface area contributed by atoms with E-state index >= 15 is 0 Å². The minimum atomic E-state index is -0.260. The third kappa shape index (κ3) is 2.57. The molecule has 21 heavy (non-hydrogen) atoms. The molecular weight excluding hydrogens is 284 g/mol. The van der Waals surface area contributed by atoms with Crippen LogP contribution in [-0.2, 0) is 0 Å². The average Bonchev–Trinajstić information content (AvgIpc) is 2.78. The number of aryl methyl sites for hydroxylation is 2. The summed E-state index contributed by atoms with van der Waals surface area (Å²) in [6.07, 6.45) is 1.70. The van der Waals surface area contributed by atoms with E-state index < -0.39 is 0 Å². The highest BCUT2D eigenvalue weighted by molar-refractivity contribution is 7.21. The first-order valence-electron chi connectivity index (χ1n) is 6.44. The monoisotopic (exact) mass is 298 g/mol. The summed E-state index contributed by atoms with van der Waals surface area (Å²) in [4.78, 5) is 22.1. The molecule has 6 heteroatoms. The number of nitrogen functional groups attached to an aromatic ring is 1. The molecule has 3 aromatic rings. The number of hydrogen-bond acceptors (Lipinski definition) is 5. The lowest BCUT2D eigenvalue weighted by atomic mass is 10.2. The van der Waals surface area contributed by atoms with Crippen LogP contribution in [0.3, 0.4) is 0 Å². The molecule has 0 saturated carbocycles. The molecule has 3 rings (SSSR count). The van der Waals surface area contributed by atoms with Crippen molar-refractivity contribution in [3.8, 4) is 0 Å². The lowest BCUT2D eigenvalue weighted by molar-refractivity contribution is 0.103. The summed E-state index contributed by atoms with van der Waals surface area (Å²) >= 11 is 1.29. The Morgan fingerprint density at radius 3 is 2.76 bits per heavy atom. The molecular formula is C15H14N4OS. The normalized spacial score (nSPS) is 10.8. The molecule has 1 amide bonds. The number of nitrogens with zero attached hydrogens (tertiary/aromatic N) is 2. The SMILES string of the molecule is Cc1ccc(NC(=O)c2sc3nc(C)ccc3c2N)nc1. The fourth-order valence-electron chi connectivity index (χ4n) is 1.97. The molecule has 0 fully saturated rings. The van der Waals surface area contributed by atoms with E-state index in [-0.39, 0.29) is 5.91 Å². The van der Waals surface area contributed by atoms with Crippen LogP contribution in [0.2, 0.25) is 0 Å². The van der Waals surface area contributed by atoms with E-state index in [2.05, 4.69) is 15.3 Å². The Labute approximate surface area is 125 Å². The highest BCUT2D eigenvalue weighted by Crippen LogP contribution is 2.32. The van der Waals surface area contributed by atoms with E-state index in [1.807, 2.05) is 32.0 Å². The zero-order valence-electron chi connectivity index (χ0n) is 11.7. The van der Waals surface area contributed by atoms with Gasteiger partial charge in [-0.1, -0.05) is 6.07 Å². The number of hydrogen-bond donors (Lipinski definition) is 2. The first kappa shape index (κ1) is 13.5. The fraction of sp³-hybridized carbons (Fsp3) is 0.133. The second-order valence-corrected chi connectivity index (χ2v) is 5.82. The number of amides is 1. The zero-order valence-corrected chi connectivity index (χ0v) is 12.5. The van der Waals surface area contributed by atoms with E-state index in [1.165, 1.54) is 11.3 Å². The summed E-state index contributed by atoms with van der Waals surface area (Å²) < 4.78 is 0. The smallest absolute Gasteiger partial charge is 0.269 e. The van der Waals surface area contributed by atoms with Crippen molar-refractivity contribution in [2.45, 2.75) is 13.8 Å². The van der Waals surface area contributed by atoms with Gasteiger partial charge in [-0.05, 0) is 37.6 Å². The first-order chi connectivity index (χ1) is 10.0. The van der Waals surface area contributed by atoms with Crippen LogP contribution >= 0.6 is 11.3 Å². The van der Waals surface area contributed by atoms with Crippen molar-refractivity contribution in [3.63, 3.8) is 0 Å². The lowest BCUT2D eigenvalue weighted by Gasteiger charge is -2.03. The highest BCUT2D eigenvalue weighted by atomic mass is 32.1. The Morgan fingerprint density at radius 1 is 1.24 bits per heavy atom. The predicted octanol–water partition coefficient (Wildman–Crippen LogP) is 3.14. The van der Waals surface area contributed by atoms with Crippen LogP contribution in [0.1, 0.15) is 20.9 Å². The van der Waals surface area contributed by atoms with Crippen LogP contribution in [0.15, 0.2) is 30.5 Å². The van der Waals surface area contributed by atoms with E-state index in [9.17, 15) is 4.79 Å². The van der Waals surface area contributed by atoms with Crippen LogP contribution in [0.25, 0.3) is 10.2 Å². The van der Waals surface area contributed by atoms with Gasteiger partial charge in [-0.15, -0.1) is 11.3 Å². The van der Waals surface area contributed by atoms with Gasteiger partial charge < -0.3 is 11.1 Å². The number of rotatable bonds is 2. The van der Waals surface area contributed by atoms with Crippen molar-refractivity contribution < 1.29 is 4.79 Å². The van der Waals surface area contributed by atoms with Gasteiger partial charge in [0.2, 0.25) is 0 Å². The van der Waals surface area contributed by atoms with Crippen LogP contribution in [-0.4, -0.2) is 15.9 Å². The van der Waals surface area contributed by atoms with Gasteiger partial charge in [-0.3, -0.25) is 4.79 Å². The van der Waals surface area contributed by atoms with Gasteiger partial charge >= 0.3 is 0 Å². The summed E-state index contributed by atoms with van der Waals surface area (Å²) in [5, 5.41) is 3.57. The number of anilines is 2. The predicted molar refractivity (Wildman–Crippen MR) is 85.7 cm³/mol. The molecule has 0 unspecified atom stereocenters. The first-order valence-corrected chi connectivity index (χ1v) is 7.26. The number of thiophene rings is 1. The van der Waals surface area contributed by atoms with Gasteiger partial charge in [0, 0.05) is 17.3 Å². The highest BCUT2D eigenvalue weighted by Gasteiger charge is 2.17. The molecule has 3 N–H and O–H groups in total. The maximum absolute atomic E-state index is 12.3. The summed E-state index contributed by atoms with van der Waals surface area (Å²) in [6, 6.07) is 7.43. The van der Waals surface area contributed by atoms with Crippen LogP contribution in [0, 0.1) is 13.8 Å². The number of carbonyl (C=O) groups is 1. The fourth-order valence-corrected chi connectivity index (χ4v) is 3.01. The Morgan fingerprint density at radius 2 is 2.05 bits per heavy atom. The molecule has 0 spiro atoms. The van der Waals surface area contributed by atoms with Crippen LogP contribution in [0.5, 0.6) is 0 Å². The molecule has 3 aromatic heterocycles. The van der Waals surface area contributed by atoms with E-state index in [1.54, 1.807) is 12.3 Å². The molecule has 0 bridgehead atoms. The van der Waals surface area contributed by atoms with Gasteiger partial charge in [0.05, 0.1) is 5.69 Å². The molecule has 106 valence electrons. The van der Waals surface area contributed by atoms with Crippen molar-refractivity contribution in [3.05, 3.63) is 46.6 Å². The van der Waals surface area contributed by atoms with Crippen LogP contribution in [0.4, 0.5) is 11.5 Å². The van der Waals surface area contributed by atoms with Crippen molar-refractivity contribution in [1.29, 1.82) is 0 Å². The number of fused-ring (bicyclic) bond motifs is 1. The minimum absolute atomic E-state index is 0.260. The summed E-state index contributed by atoms with van der Waals surface area (Å²) in [7, 11) is 0. The minimum Gasteiger partial charge on any atom is -0.397 e. The van der Waals surface area contributed by atoms with Crippen molar-refractivity contribution in [2.75, 3.05) is 11.1 Å².